The Balaban J connectivity index is 1.58. The van der Waals surface area contributed by atoms with Crippen LogP contribution in [0.1, 0.15) is 22.6 Å². The fraction of sp³-hybridized carbons (Fsp3) is 0.0800. The molecule has 0 aliphatic heterocycles. The molecule has 0 saturated carbocycles. The van der Waals surface area contributed by atoms with E-state index in [4.69, 9.17) is 0 Å². The van der Waals surface area contributed by atoms with Gasteiger partial charge in [-0.15, -0.1) is 0 Å². The summed E-state index contributed by atoms with van der Waals surface area (Å²) >= 11 is 1.68. The fourth-order valence-electron chi connectivity index (χ4n) is 3.44. The maximum absolute atomic E-state index is 13.2. The lowest BCUT2D eigenvalue weighted by Gasteiger charge is -2.18. The summed E-state index contributed by atoms with van der Waals surface area (Å²) in [4.78, 5) is 13.2. The van der Waals surface area contributed by atoms with Gasteiger partial charge in [0.05, 0.1) is 5.92 Å². The molecule has 0 spiro atoms. The van der Waals surface area contributed by atoms with Crippen LogP contribution in [-0.4, -0.2) is 5.91 Å². The molecule has 0 aliphatic rings. The standard InChI is InChI=1S/C25H21NOS/c27-25(24(19-9-3-1-4-10-19)20-11-5-2-6-12-20)26-17-21-13-7-8-14-23(21)22-15-16-28-18-22/h1-16,18,24H,17H2,(H,26,27). The fourth-order valence-corrected chi connectivity index (χ4v) is 4.10. The Hall–Kier alpha value is -3.17. The molecule has 4 rings (SSSR count). The molecule has 1 aromatic heterocycles. The minimum atomic E-state index is -0.323. The van der Waals surface area contributed by atoms with Crippen LogP contribution in [0.5, 0.6) is 0 Å². The molecule has 1 amide bonds. The van der Waals surface area contributed by atoms with E-state index in [1.54, 1.807) is 11.3 Å². The third-order valence-electron chi connectivity index (χ3n) is 4.83. The zero-order valence-electron chi connectivity index (χ0n) is 15.4. The van der Waals surface area contributed by atoms with Crippen molar-refractivity contribution in [3.8, 4) is 11.1 Å². The van der Waals surface area contributed by atoms with Crippen LogP contribution in [0.3, 0.4) is 0 Å². The van der Waals surface area contributed by atoms with Crippen LogP contribution in [0.25, 0.3) is 11.1 Å². The molecule has 0 radical (unpaired) electrons. The SMILES string of the molecule is O=C(NCc1ccccc1-c1ccsc1)C(c1ccccc1)c1ccccc1. The Bertz CT molecular complexity index is 987. The summed E-state index contributed by atoms with van der Waals surface area (Å²) in [7, 11) is 0. The molecule has 0 aliphatic carbocycles. The third kappa shape index (κ3) is 4.05. The van der Waals surface area contributed by atoms with Crippen molar-refractivity contribution in [1.82, 2.24) is 5.32 Å². The lowest BCUT2D eigenvalue weighted by molar-refractivity contribution is -0.121. The van der Waals surface area contributed by atoms with E-state index in [-0.39, 0.29) is 11.8 Å². The van der Waals surface area contributed by atoms with Gasteiger partial charge in [0.1, 0.15) is 0 Å². The maximum Gasteiger partial charge on any atom is 0.232 e. The van der Waals surface area contributed by atoms with Crippen LogP contribution in [-0.2, 0) is 11.3 Å². The maximum atomic E-state index is 13.2. The molecule has 4 aromatic rings. The molecule has 3 aromatic carbocycles. The van der Waals surface area contributed by atoms with Crippen molar-refractivity contribution in [3.63, 3.8) is 0 Å². The van der Waals surface area contributed by atoms with E-state index >= 15 is 0 Å². The number of hydrogen-bond donors (Lipinski definition) is 1. The van der Waals surface area contributed by atoms with Gasteiger partial charge in [-0.05, 0) is 44.6 Å². The number of carbonyl (C=O) groups excluding carboxylic acids is 1. The average molecular weight is 384 g/mol. The molecule has 2 nitrogen and oxygen atoms in total. The summed E-state index contributed by atoms with van der Waals surface area (Å²) in [5, 5.41) is 7.37. The lowest BCUT2D eigenvalue weighted by atomic mass is 9.90. The molecule has 28 heavy (non-hydrogen) atoms. The zero-order valence-corrected chi connectivity index (χ0v) is 16.2. The molecule has 0 atom stereocenters. The number of nitrogens with one attached hydrogen (secondary N) is 1. The van der Waals surface area contributed by atoms with Gasteiger partial charge in [0.15, 0.2) is 0 Å². The van der Waals surface area contributed by atoms with E-state index in [1.165, 1.54) is 11.1 Å². The van der Waals surface area contributed by atoms with Gasteiger partial charge >= 0.3 is 0 Å². The van der Waals surface area contributed by atoms with Crippen molar-refractivity contribution in [3.05, 3.63) is 118 Å². The molecular weight excluding hydrogens is 362 g/mol. The van der Waals surface area contributed by atoms with Gasteiger partial charge in [0.2, 0.25) is 5.91 Å². The van der Waals surface area contributed by atoms with E-state index in [9.17, 15) is 4.79 Å². The molecular formula is C25H21NOS. The highest BCUT2D eigenvalue weighted by atomic mass is 32.1. The Morgan fingerprint density at radius 2 is 1.39 bits per heavy atom. The van der Waals surface area contributed by atoms with Crippen molar-refractivity contribution in [2.45, 2.75) is 12.5 Å². The summed E-state index contributed by atoms with van der Waals surface area (Å²) in [6.45, 7) is 0.501. The minimum Gasteiger partial charge on any atom is -0.351 e. The normalized spacial score (nSPS) is 10.8. The molecule has 0 fully saturated rings. The third-order valence-corrected chi connectivity index (χ3v) is 5.51. The number of rotatable bonds is 6. The van der Waals surface area contributed by atoms with Crippen LogP contribution in [0.15, 0.2) is 102 Å². The first-order chi connectivity index (χ1) is 13.8. The second-order valence-corrected chi connectivity index (χ2v) is 7.42. The van der Waals surface area contributed by atoms with Crippen LogP contribution in [0.4, 0.5) is 0 Å². The highest BCUT2D eigenvalue weighted by Crippen LogP contribution is 2.27. The summed E-state index contributed by atoms with van der Waals surface area (Å²) in [5.41, 5.74) is 5.47. The second-order valence-electron chi connectivity index (χ2n) is 6.64. The highest BCUT2D eigenvalue weighted by molar-refractivity contribution is 7.08. The van der Waals surface area contributed by atoms with E-state index in [2.05, 4.69) is 34.3 Å². The van der Waals surface area contributed by atoms with Crippen molar-refractivity contribution in [2.75, 3.05) is 0 Å². The Labute approximate surface area is 169 Å². The summed E-state index contributed by atoms with van der Waals surface area (Å²) in [5.74, 6) is -0.312. The van der Waals surface area contributed by atoms with Gasteiger partial charge < -0.3 is 5.32 Å². The van der Waals surface area contributed by atoms with Crippen molar-refractivity contribution < 1.29 is 4.79 Å². The van der Waals surface area contributed by atoms with Gasteiger partial charge in [0.25, 0.3) is 0 Å². The van der Waals surface area contributed by atoms with Gasteiger partial charge in [-0.3, -0.25) is 4.79 Å². The first-order valence-corrected chi connectivity index (χ1v) is 10.3. The molecule has 0 saturated heterocycles. The number of carbonyl (C=O) groups is 1. The van der Waals surface area contributed by atoms with Gasteiger partial charge in [-0.1, -0.05) is 84.9 Å². The van der Waals surface area contributed by atoms with Crippen LogP contribution < -0.4 is 5.32 Å². The molecule has 0 unspecified atom stereocenters. The van der Waals surface area contributed by atoms with E-state index in [1.807, 2.05) is 72.8 Å². The summed E-state index contributed by atoms with van der Waals surface area (Å²) < 4.78 is 0. The molecule has 1 N–H and O–H groups in total. The van der Waals surface area contributed by atoms with Gasteiger partial charge in [-0.25, -0.2) is 0 Å². The molecule has 3 heteroatoms. The van der Waals surface area contributed by atoms with Gasteiger partial charge in [-0.2, -0.15) is 11.3 Å². The smallest absolute Gasteiger partial charge is 0.232 e. The first-order valence-electron chi connectivity index (χ1n) is 9.31. The molecule has 1 heterocycles. The number of thiophene rings is 1. The summed E-state index contributed by atoms with van der Waals surface area (Å²) in [6, 6.07) is 30.2. The number of amides is 1. The predicted molar refractivity (Wildman–Crippen MR) is 116 cm³/mol. The van der Waals surface area contributed by atoms with E-state index in [0.29, 0.717) is 6.54 Å². The highest BCUT2D eigenvalue weighted by Gasteiger charge is 2.22. The Morgan fingerprint density at radius 3 is 2.00 bits per heavy atom. The zero-order chi connectivity index (χ0) is 19.2. The monoisotopic (exact) mass is 383 g/mol. The number of benzene rings is 3. The van der Waals surface area contributed by atoms with Crippen molar-refractivity contribution in [2.24, 2.45) is 0 Å². The van der Waals surface area contributed by atoms with Crippen LogP contribution in [0.2, 0.25) is 0 Å². The lowest BCUT2D eigenvalue weighted by Crippen LogP contribution is -2.29. The quantitative estimate of drug-likeness (QED) is 0.444. The van der Waals surface area contributed by atoms with Gasteiger partial charge in [0, 0.05) is 6.54 Å². The van der Waals surface area contributed by atoms with E-state index in [0.717, 1.165) is 16.7 Å². The second kappa shape index (κ2) is 8.68. The number of hydrogen-bond acceptors (Lipinski definition) is 2. The topological polar surface area (TPSA) is 29.1 Å². The Morgan fingerprint density at radius 1 is 0.786 bits per heavy atom. The Kier molecular flexibility index (Phi) is 5.64. The molecule has 138 valence electrons. The predicted octanol–water partition coefficient (Wildman–Crippen LogP) is 5.86. The van der Waals surface area contributed by atoms with E-state index < -0.39 is 0 Å². The van der Waals surface area contributed by atoms with Crippen molar-refractivity contribution >= 4 is 17.2 Å². The van der Waals surface area contributed by atoms with Crippen LogP contribution in [0, 0.1) is 0 Å². The molecule has 0 bridgehead atoms. The van der Waals surface area contributed by atoms with Crippen molar-refractivity contribution in [1.29, 1.82) is 0 Å². The van der Waals surface area contributed by atoms with Crippen LogP contribution >= 0.6 is 11.3 Å². The average Bonchev–Trinajstić information content (AvgIpc) is 3.29. The largest absolute Gasteiger partial charge is 0.351 e. The first kappa shape index (κ1) is 18.2. The minimum absolute atomic E-state index is 0.0116. The summed E-state index contributed by atoms with van der Waals surface area (Å²) in [6.07, 6.45) is 0.